The van der Waals surface area contributed by atoms with Gasteiger partial charge in [-0.3, -0.25) is 0 Å². The molecule has 0 heterocycles. The van der Waals surface area contributed by atoms with E-state index in [1.54, 1.807) is 0 Å². The van der Waals surface area contributed by atoms with Gasteiger partial charge < -0.3 is 24.5 Å². The third-order valence-corrected chi connectivity index (χ3v) is 10.00. The van der Waals surface area contributed by atoms with Crippen LogP contribution in [0.15, 0.2) is 60.7 Å². The van der Waals surface area contributed by atoms with E-state index >= 15 is 0 Å². The van der Waals surface area contributed by atoms with Crippen LogP contribution in [-0.2, 0) is 14.3 Å². The molecule has 1 unspecified atom stereocenters. The Kier molecular flexibility index (Phi) is 19.8. The molecule has 2 aromatic rings. The summed E-state index contributed by atoms with van der Waals surface area (Å²) in [5.41, 5.74) is -1.74. The van der Waals surface area contributed by atoms with Crippen molar-refractivity contribution in [1.29, 1.82) is 0 Å². The number of carbonyl (C=O) groups is 2. The average molecular weight is 629 g/mol. The van der Waals surface area contributed by atoms with Crippen molar-refractivity contribution in [1.82, 2.24) is 0 Å². The fourth-order valence-corrected chi connectivity index (χ4v) is 7.23. The number of rotatable bonds is 20. The van der Waals surface area contributed by atoms with E-state index in [1.807, 2.05) is 0 Å². The molecule has 2 rings (SSSR count). The van der Waals surface area contributed by atoms with Crippen molar-refractivity contribution in [3.8, 4) is 0 Å². The van der Waals surface area contributed by atoms with Gasteiger partial charge in [-0.2, -0.15) is 0 Å². The van der Waals surface area contributed by atoms with Gasteiger partial charge in [-0.05, 0) is 12.8 Å². The molecule has 0 spiro atoms. The molecule has 0 saturated heterocycles. The molecule has 0 radical (unpaired) electrons. The molecule has 0 aliphatic rings. The van der Waals surface area contributed by atoms with Gasteiger partial charge in [-0.1, -0.05) is 84.5 Å². The van der Waals surface area contributed by atoms with Gasteiger partial charge in [0, 0.05) is 19.0 Å². The molecule has 0 amide bonds. The van der Waals surface area contributed by atoms with Crippen molar-refractivity contribution in [2.75, 3.05) is 6.61 Å². The maximum absolute atomic E-state index is 11.6. The van der Waals surface area contributed by atoms with Gasteiger partial charge in [0.1, 0.15) is 5.60 Å². The van der Waals surface area contributed by atoms with Crippen LogP contribution in [0.25, 0.3) is 0 Å². The van der Waals surface area contributed by atoms with E-state index in [2.05, 4.69) is 74.5 Å². The van der Waals surface area contributed by atoms with Crippen LogP contribution in [0.4, 0.5) is 0 Å². The first-order valence-electron chi connectivity index (χ1n) is 14.4. The third-order valence-electron chi connectivity index (χ3n) is 6.45. The molecule has 0 aromatic heterocycles. The zero-order valence-corrected chi connectivity index (χ0v) is 26.3. The first-order valence-corrected chi connectivity index (χ1v) is 17.2. The Hall–Kier alpha value is -1.86. The predicted molar refractivity (Wildman–Crippen MR) is 153 cm³/mol. The Balaban J connectivity index is 0.000000457. The van der Waals surface area contributed by atoms with Gasteiger partial charge in [0.15, 0.2) is 0 Å². The zero-order chi connectivity index (χ0) is 27.9. The predicted octanol–water partition coefficient (Wildman–Crippen LogP) is 4.08. The van der Waals surface area contributed by atoms with E-state index in [1.165, 1.54) is 32.8 Å². The first kappa shape index (κ1) is 34.2. The van der Waals surface area contributed by atoms with Crippen LogP contribution in [0.5, 0.6) is 0 Å². The van der Waals surface area contributed by atoms with Crippen molar-refractivity contribution in [2.45, 2.75) is 109 Å². The Morgan fingerprint density at radius 1 is 0.684 bits per heavy atom. The van der Waals surface area contributed by atoms with Gasteiger partial charge in [0.05, 0.1) is 5.97 Å². The minimum absolute atomic E-state index is 0.172. The Morgan fingerprint density at radius 3 is 1.58 bits per heavy atom. The fraction of sp³-hybridized carbons (Fsp3) is 0.562. The van der Waals surface area contributed by atoms with Gasteiger partial charge >= 0.3 is 89.0 Å². The van der Waals surface area contributed by atoms with Gasteiger partial charge in [0.2, 0.25) is 0 Å². The molecule has 0 N–H and O–H groups in total. The molecular weight excluding hydrogens is 583 g/mol. The van der Waals surface area contributed by atoms with Crippen LogP contribution < -0.4 is 17.4 Å². The molecule has 2 aromatic carbocycles. The number of carbonyl (C=O) groups excluding carboxylic acids is 2. The molecule has 0 aliphatic carbocycles. The first-order chi connectivity index (χ1) is 18.4. The van der Waals surface area contributed by atoms with Crippen LogP contribution >= 0.6 is 0 Å². The van der Waals surface area contributed by atoms with Crippen molar-refractivity contribution >= 4 is 40.2 Å². The summed E-state index contributed by atoms with van der Waals surface area (Å²) in [6.45, 7) is 4.54. The molecule has 6 heteroatoms. The fourth-order valence-electron chi connectivity index (χ4n) is 4.23. The second-order valence-electron chi connectivity index (χ2n) is 9.82. The summed E-state index contributed by atoms with van der Waals surface area (Å²) in [7, 11) is 0. The van der Waals surface area contributed by atoms with Crippen molar-refractivity contribution in [3.63, 3.8) is 0 Å². The van der Waals surface area contributed by atoms with E-state index in [-0.39, 0.29) is 13.0 Å². The van der Waals surface area contributed by atoms with Crippen molar-refractivity contribution in [3.05, 3.63) is 60.7 Å². The summed E-state index contributed by atoms with van der Waals surface area (Å²) in [5.74, 6) is -2.84. The summed E-state index contributed by atoms with van der Waals surface area (Å²) in [4.78, 5) is 22.6. The Morgan fingerprint density at radius 2 is 1.13 bits per heavy atom. The maximum atomic E-state index is 11.6. The van der Waals surface area contributed by atoms with E-state index < -0.39 is 45.1 Å². The van der Waals surface area contributed by atoms with Crippen LogP contribution in [0, 0.1) is 0 Å². The molecule has 208 valence electrons. The average Bonchev–Trinajstić information content (AvgIpc) is 2.91. The van der Waals surface area contributed by atoms with Crippen LogP contribution in [0.3, 0.4) is 0 Å². The van der Waals surface area contributed by atoms with Crippen molar-refractivity contribution < 1.29 is 24.5 Å². The second kappa shape index (κ2) is 22.0. The molecule has 0 aliphatic heterocycles. The summed E-state index contributed by atoms with van der Waals surface area (Å²) in [5, 5.41) is 22.6. The summed E-state index contributed by atoms with van der Waals surface area (Å²) in [6, 6.07) is 21.6. The number of benzene rings is 2. The summed E-state index contributed by atoms with van der Waals surface area (Å²) >= 11 is -0.517. The van der Waals surface area contributed by atoms with Gasteiger partial charge in [0.25, 0.3) is 0 Å². The molecule has 1 atom stereocenters. The van der Waals surface area contributed by atoms with E-state index in [0.717, 1.165) is 44.9 Å². The molecular formula is C32H46O5Sn. The SMILES string of the molecule is CCCCCCCCOC(CCCCCCCC)(CC(=O)[O-])C(=O)[O-].c1cc[c]([Sn+2][c]2ccccc2)cc1. The summed E-state index contributed by atoms with van der Waals surface area (Å²) in [6.07, 6.45) is 11.8. The number of carboxylic acid groups (broad SMARTS) is 2. The number of ether oxygens (including phenoxy) is 1. The normalized spacial score (nSPS) is 12.1. The van der Waals surface area contributed by atoms with Crippen LogP contribution in [0.1, 0.15) is 104 Å². The topological polar surface area (TPSA) is 89.5 Å². The quantitative estimate of drug-likeness (QED) is 0.163. The number of carboxylic acids is 2. The third kappa shape index (κ3) is 16.2. The number of hydrogen-bond acceptors (Lipinski definition) is 5. The monoisotopic (exact) mass is 630 g/mol. The standard InChI is InChI=1S/C20H38O5.2C6H5.Sn/c1-3-5-7-9-11-13-15-20(19(23)24,17-18(21)22)25-16-14-12-10-8-6-4-2;2*1-2-4-6-5-3-1;/h3-17H2,1-2H3,(H,21,22)(H,23,24);2*1-5H;/q;;;+2/p-2. The second-order valence-corrected chi connectivity index (χ2v) is 13.8. The van der Waals surface area contributed by atoms with Gasteiger partial charge in [-0.15, -0.1) is 0 Å². The molecule has 0 fully saturated rings. The number of aliphatic carboxylic acids is 2. The zero-order valence-electron chi connectivity index (χ0n) is 23.4. The molecule has 0 saturated carbocycles. The molecule has 38 heavy (non-hydrogen) atoms. The Bertz CT molecular complexity index is 821. The van der Waals surface area contributed by atoms with Crippen LogP contribution in [0.2, 0.25) is 0 Å². The minimum atomic E-state index is -1.74. The van der Waals surface area contributed by atoms with Crippen LogP contribution in [-0.4, -0.2) is 45.3 Å². The number of unbranched alkanes of at least 4 members (excludes halogenated alkanes) is 10. The number of hydrogen-bond donors (Lipinski definition) is 0. The van der Waals surface area contributed by atoms with E-state index in [4.69, 9.17) is 4.74 Å². The Labute approximate surface area is 240 Å². The van der Waals surface area contributed by atoms with E-state index in [0.29, 0.717) is 6.42 Å². The van der Waals surface area contributed by atoms with E-state index in [9.17, 15) is 19.8 Å². The summed E-state index contributed by atoms with van der Waals surface area (Å²) < 4.78 is 8.63. The van der Waals surface area contributed by atoms with Crippen molar-refractivity contribution in [2.24, 2.45) is 0 Å². The van der Waals surface area contributed by atoms with Gasteiger partial charge in [-0.25, -0.2) is 0 Å². The molecule has 0 bridgehead atoms. The molecule has 5 nitrogen and oxygen atoms in total.